The molecule has 18 heavy (non-hydrogen) atoms. The van der Waals surface area contributed by atoms with E-state index in [0.717, 1.165) is 0 Å². The van der Waals surface area contributed by atoms with Crippen LogP contribution in [0.25, 0.3) is 0 Å². The predicted molar refractivity (Wildman–Crippen MR) is 70.3 cm³/mol. The average Bonchev–Trinajstić information content (AvgIpc) is 2.60. The molecule has 1 rings (SSSR count). The molecule has 0 fully saturated rings. The maximum Gasteiger partial charge on any atom is 0.270 e. The molecule has 0 bridgehead atoms. The van der Waals surface area contributed by atoms with Gasteiger partial charge >= 0.3 is 0 Å². The van der Waals surface area contributed by atoms with Gasteiger partial charge in [0.25, 0.3) is 15.0 Å². The standard InChI is InChI=1S/C11H17ClN2O3S/c1-5-14(8(2)3)11(15)10-6-9(7-13(10)4)18(12,16)17/h6-8H,5H2,1-4H3. The van der Waals surface area contributed by atoms with Crippen molar-refractivity contribution in [2.24, 2.45) is 7.05 Å². The number of aryl methyl sites for hydroxylation is 1. The van der Waals surface area contributed by atoms with Crippen molar-refractivity contribution >= 4 is 25.6 Å². The third-order valence-electron chi connectivity index (χ3n) is 2.71. The second kappa shape index (κ2) is 5.32. The van der Waals surface area contributed by atoms with Gasteiger partial charge in [-0.25, -0.2) is 8.42 Å². The molecule has 0 saturated carbocycles. The highest BCUT2D eigenvalue weighted by Gasteiger charge is 2.23. The van der Waals surface area contributed by atoms with Gasteiger partial charge in [0.1, 0.15) is 10.6 Å². The van der Waals surface area contributed by atoms with Crippen LogP contribution in [-0.4, -0.2) is 36.4 Å². The maximum absolute atomic E-state index is 12.2. The number of carbonyl (C=O) groups excluding carboxylic acids is 1. The molecule has 0 aliphatic rings. The lowest BCUT2D eigenvalue weighted by atomic mass is 10.2. The summed E-state index contributed by atoms with van der Waals surface area (Å²) in [5.74, 6) is -0.207. The first kappa shape index (κ1) is 15.0. The van der Waals surface area contributed by atoms with Crippen molar-refractivity contribution in [2.45, 2.75) is 31.7 Å². The van der Waals surface area contributed by atoms with Crippen molar-refractivity contribution in [1.29, 1.82) is 0 Å². The summed E-state index contributed by atoms with van der Waals surface area (Å²) in [6, 6.07) is 1.35. The predicted octanol–water partition coefficient (Wildman–Crippen LogP) is 1.82. The van der Waals surface area contributed by atoms with E-state index in [2.05, 4.69) is 0 Å². The molecule has 0 unspecified atom stereocenters. The van der Waals surface area contributed by atoms with E-state index < -0.39 is 9.05 Å². The maximum atomic E-state index is 12.2. The fourth-order valence-electron chi connectivity index (χ4n) is 1.77. The molecule has 7 heteroatoms. The number of rotatable bonds is 4. The zero-order valence-corrected chi connectivity index (χ0v) is 12.4. The lowest BCUT2D eigenvalue weighted by molar-refractivity contribution is 0.0707. The molecule has 1 aromatic heterocycles. The van der Waals surface area contributed by atoms with E-state index in [1.165, 1.54) is 16.8 Å². The van der Waals surface area contributed by atoms with Crippen LogP contribution in [0.15, 0.2) is 17.2 Å². The van der Waals surface area contributed by atoms with Crippen LogP contribution in [0.4, 0.5) is 0 Å². The van der Waals surface area contributed by atoms with Crippen LogP contribution in [0.3, 0.4) is 0 Å². The summed E-state index contributed by atoms with van der Waals surface area (Å²) in [7, 11) is 3.07. The monoisotopic (exact) mass is 292 g/mol. The molecule has 1 heterocycles. The third kappa shape index (κ3) is 3.05. The molecule has 0 saturated heterocycles. The summed E-state index contributed by atoms with van der Waals surface area (Å²) in [5, 5.41) is 0. The van der Waals surface area contributed by atoms with Crippen molar-refractivity contribution in [2.75, 3.05) is 6.54 Å². The largest absolute Gasteiger partial charge is 0.345 e. The van der Waals surface area contributed by atoms with E-state index in [4.69, 9.17) is 10.7 Å². The summed E-state index contributed by atoms with van der Waals surface area (Å²) in [6.07, 6.45) is 1.34. The van der Waals surface area contributed by atoms with Gasteiger partial charge in [0, 0.05) is 36.5 Å². The number of hydrogen-bond acceptors (Lipinski definition) is 3. The normalized spacial score (nSPS) is 11.9. The molecule has 0 spiro atoms. The Bertz CT molecular complexity index is 549. The van der Waals surface area contributed by atoms with Crippen molar-refractivity contribution in [3.8, 4) is 0 Å². The van der Waals surface area contributed by atoms with Crippen molar-refractivity contribution in [1.82, 2.24) is 9.47 Å². The quantitative estimate of drug-likeness (QED) is 0.796. The molecule has 0 atom stereocenters. The second-order valence-corrected chi connectivity index (χ2v) is 6.86. The number of hydrogen-bond donors (Lipinski definition) is 0. The van der Waals surface area contributed by atoms with Gasteiger partial charge in [-0.15, -0.1) is 0 Å². The van der Waals surface area contributed by atoms with E-state index >= 15 is 0 Å². The van der Waals surface area contributed by atoms with Crippen LogP contribution in [0.1, 0.15) is 31.3 Å². The van der Waals surface area contributed by atoms with Crippen molar-refractivity contribution in [3.05, 3.63) is 18.0 Å². The van der Waals surface area contributed by atoms with Gasteiger partial charge in [0.05, 0.1) is 0 Å². The van der Waals surface area contributed by atoms with E-state index in [-0.39, 0.29) is 16.8 Å². The minimum Gasteiger partial charge on any atom is -0.345 e. The molecule has 0 aliphatic heterocycles. The SMILES string of the molecule is CCN(C(=O)c1cc(S(=O)(=O)Cl)cn1C)C(C)C. The minimum absolute atomic E-state index is 0.0495. The van der Waals surface area contributed by atoms with E-state index in [0.29, 0.717) is 12.2 Å². The topological polar surface area (TPSA) is 59.4 Å². The molecule has 0 aromatic carbocycles. The Morgan fingerprint density at radius 1 is 1.50 bits per heavy atom. The molecule has 102 valence electrons. The fourth-order valence-corrected chi connectivity index (χ4v) is 2.56. The Morgan fingerprint density at radius 3 is 2.39 bits per heavy atom. The molecule has 0 N–H and O–H groups in total. The van der Waals surface area contributed by atoms with Crippen LogP contribution in [0.5, 0.6) is 0 Å². The number of aromatic nitrogens is 1. The Hall–Kier alpha value is -1.01. The van der Waals surface area contributed by atoms with Gasteiger partial charge in [-0.3, -0.25) is 4.79 Å². The Kier molecular flexibility index (Phi) is 4.45. The second-order valence-electron chi connectivity index (χ2n) is 4.29. The van der Waals surface area contributed by atoms with Crippen molar-refractivity contribution < 1.29 is 13.2 Å². The zero-order valence-electron chi connectivity index (χ0n) is 10.8. The summed E-state index contributed by atoms with van der Waals surface area (Å²) in [4.78, 5) is 13.8. The molecule has 1 aromatic rings. The Labute approximate surface area is 112 Å². The summed E-state index contributed by atoms with van der Waals surface area (Å²) in [6.45, 7) is 6.25. The van der Waals surface area contributed by atoms with Gasteiger partial charge < -0.3 is 9.47 Å². The third-order valence-corrected chi connectivity index (χ3v) is 4.03. The lowest BCUT2D eigenvalue weighted by Crippen LogP contribution is -2.37. The highest BCUT2D eigenvalue weighted by molar-refractivity contribution is 8.13. The van der Waals surface area contributed by atoms with E-state index in [9.17, 15) is 13.2 Å². The van der Waals surface area contributed by atoms with Crippen LogP contribution in [0, 0.1) is 0 Å². The molecular weight excluding hydrogens is 276 g/mol. The first-order chi connectivity index (χ1) is 8.18. The Morgan fingerprint density at radius 2 is 2.06 bits per heavy atom. The highest BCUT2D eigenvalue weighted by Crippen LogP contribution is 2.19. The number of nitrogens with zero attached hydrogens (tertiary/aromatic N) is 2. The van der Waals surface area contributed by atoms with Gasteiger partial charge in [-0.2, -0.15) is 0 Å². The van der Waals surface area contributed by atoms with Gasteiger partial charge in [-0.05, 0) is 26.8 Å². The number of carbonyl (C=O) groups is 1. The average molecular weight is 293 g/mol. The highest BCUT2D eigenvalue weighted by atomic mass is 35.7. The van der Waals surface area contributed by atoms with Gasteiger partial charge in [-0.1, -0.05) is 0 Å². The Balaban J connectivity index is 3.19. The minimum atomic E-state index is -3.81. The molecule has 1 amide bonds. The molecule has 0 aliphatic carbocycles. The summed E-state index contributed by atoms with van der Waals surface area (Å²) >= 11 is 0. The molecule has 5 nitrogen and oxygen atoms in total. The van der Waals surface area contributed by atoms with Crippen LogP contribution in [-0.2, 0) is 16.1 Å². The summed E-state index contributed by atoms with van der Waals surface area (Å²) < 4.78 is 23.9. The van der Waals surface area contributed by atoms with E-state index in [1.807, 2.05) is 20.8 Å². The first-order valence-electron chi connectivity index (χ1n) is 5.60. The molecule has 0 radical (unpaired) electrons. The molecular formula is C11H17ClN2O3S. The summed E-state index contributed by atoms with van der Waals surface area (Å²) in [5.41, 5.74) is 0.310. The first-order valence-corrected chi connectivity index (χ1v) is 7.91. The number of amides is 1. The van der Waals surface area contributed by atoms with Crippen LogP contribution >= 0.6 is 10.7 Å². The van der Waals surface area contributed by atoms with Crippen LogP contribution in [0.2, 0.25) is 0 Å². The smallest absolute Gasteiger partial charge is 0.270 e. The number of halogens is 1. The lowest BCUT2D eigenvalue weighted by Gasteiger charge is -2.25. The van der Waals surface area contributed by atoms with Gasteiger partial charge in [0.15, 0.2) is 0 Å². The van der Waals surface area contributed by atoms with E-state index in [1.54, 1.807) is 11.9 Å². The fraction of sp³-hybridized carbons (Fsp3) is 0.545. The zero-order chi connectivity index (χ0) is 14.1. The van der Waals surface area contributed by atoms with Crippen LogP contribution < -0.4 is 0 Å². The van der Waals surface area contributed by atoms with Crippen molar-refractivity contribution in [3.63, 3.8) is 0 Å². The van der Waals surface area contributed by atoms with Gasteiger partial charge in [0.2, 0.25) is 0 Å².